The first-order valence-electron chi connectivity index (χ1n) is 10.5. The predicted molar refractivity (Wildman–Crippen MR) is 117 cm³/mol. The Morgan fingerprint density at radius 3 is 2.36 bits per heavy atom. The van der Waals surface area contributed by atoms with Crippen molar-refractivity contribution in [2.45, 2.75) is 26.2 Å². The molecule has 0 N–H and O–H groups in total. The van der Waals surface area contributed by atoms with Gasteiger partial charge in [0, 0.05) is 23.9 Å². The van der Waals surface area contributed by atoms with Gasteiger partial charge in [-0.2, -0.15) is 0 Å². The van der Waals surface area contributed by atoms with Crippen molar-refractivity contribution >= 4 is 23.7 Å². The number of nitro groups is 1. The fourth-order valence-corrected chi connectivity index (χ4v) is 3.91. The van der Waals surface area contributed by atoms with Crippen LogP contribution in [-0.2, 0) is 23.8 Å². The van der Waals surface area contributed by atoms with Crippen LogP contribution in [0.4, 0.5) is 5.69 Å². The van der Waals surface area contributed by atoms with Crippen LogP contribution in [0, 0.1) is 10.1 Å². The van der Waals surface area contributed by atoms with Gasteiger partial charge in [-0.05, 0) is 43.2 Å². The van der Waals surface area contributed by atoms with E-state index in [-0.39, 0.29) is 30.2 Å². The van der Waals surface area contributed by atoms with Crippen molar-refractivity contribution in [2.24, 2.45) is 0 Å². The monoisotopic (exact) mass is 450 g/mol. The smallest absolute Gasteiger partial charge is 0.355 e. The van der Waals surface area contributed by atoms with Crippen LogP contribution >= 0.6 is 0 Å². The number of benzene rings is 2. The first kappa shape index (κ1) is 22.2. The second kappa shape index (κ2) is 9.25. The number of nitro benzene ring substituents is 1. The number of rotatable bonds is 6. The Balaban J connectivity index is 1.92. The van der Waals surface area contributed by atoms with E-state index in [1.807, 2.05) is 30.3 Å². The highest BCUT2D eigenvalue weighted by atomic mass is 16.6. The molecule has 9 nitrogen and oxygen atoms in total. The highest BCUT2D eigenvalue weighted by Gasteiger charge is 2.44. The third kappa shape index (κ3) is 4.10. The Morgan fingerprint density at radius 1 is 1.03 bits per heavy atom. The molecule has 2 aromatic carbocycles. The third-order valence-corrected chi connectivity index (χ3v) is 5.34. The molecule has 0 aromatic heterocycles. The Labute approximate surface area is 190 Å². The highest BCUT2D eigenvalue weighted by Crippen LogP contribution is 2.46. The molecule has 0 saturated carbocycles. The lowest BCUT2D eigenvalue weighted by atomic mass is 9.93. The van der Waals surface area contributed by atoms with E-state index < -0.39 is 29.2 Å². The maximum absolute atomic E-state index is 13.1. The molecule has 2 aliphatic rings. The molecular weight excluding hydrogens is 428 g/mol. The molecule has 0 amide bonds. The lowest BCUT2D eigenvalue weighted by Gasteiger charge is -2.42. The number of carbonyl (C=O) groups excluding carboxylic acids is 2. The summed E-state index contributed by atoms with van der Waals surface area (Å²) in [7, 11) is 0. The minimum atomic E-state index is -1.01. The van der Waals surface area contributed by atoms with Gasteiger partial charge in [-0.15, -0.1) is 0 Å². The average molecular weight is 450 g/mol. The van der Waals surface area contributed by atoms with Crippen LogP contribution in [0.5, 0.6) is 0 Å². The summed E-state index contributed by atoms with van der Waals surface area (Å²) in [5, 5.41) is 11.1. The first-order valence-corrected chi connectivity index (χ1v) is 10.5. The molecule has 2 aliphatic heterocycles. The Kier molecular flexibility index (Phi) is 6.23. The Morgan fingerprint density at radius 2 is 1.70 bits per heavy atom. The van der Waals surface area contributed by atoms with Crippen LogP contribution in [-0.4, -0.2) is 35.0 Å². The van der Waals surface area contributed by atoms with E-state index in [1.54, 1.807) is 24.9 Å². The predicted octanol–water partition coefficient (Wildman–Crippen LogP) is 4.03. The quantitative estimate of drug-likeness (QED) is 0.369. The fourth-order valence-electron chi connectivity index (χ4n) is 3.91. The average Bonchev–Trinajstić information content (AvgIpc) is 2.83. The van der Waals surface area contributed by atoms with Crippen molar-refractivity contribution in [1.29, 1.82) is 0 Å². The van der Waals surface area contributed by atoms with Crippen LogP contribution in [0.2, 0.25) is 0 Å². The number of non-ortho nitro benzene ring substituents is 1. The summed E-state index contributed by atoms with van der Waals surface area (Å²) >= 11 is 0. The molecule has 0 aliphatic carbocycles. The lowest BCUT2D eigenvalue weighted by molar-refractivity contribution is -0.384. The largest absolute Gasteiger partial charge is 0.462 e. The van der Waals surface area contributed by atoms with Gasteiger partial charge in [0.15, 0.2) is 6.23 Å². The third-order valence-electron chi connectivity index (χ3n) is 5.34. The normalized spacial score (nSPS) is 18.9. The molecule has 2 heterocycles. The molecular formula is C24H22N2O7. The van der Waals surface area contributed by atoms with Crippen molar-refractivity contribution in [1.82, 2.24) is 4.90 Å². The second-order valence-corrected chi connectivity index (χ2v) is 7.27. The first-order chi connectivity index (χ1) is 16.0. The Bertz CT molecular complexity index is 1150. The minimum absolute atomic E-state index is 0.0145. The summed E-state index contributed by atoms with van der Waals surface area (Å²) < 4.78 is 16.9. The molecule has 0 spiro atoms. The zero-order chi connectivity index (χ0) is 23.5. The van der Waals surface area contributed by atoms with E-state index in [2.05, 4.69) is 0 Å². The Hall–Kier alpha value is -3.98. The molecule has 33 heavy (non-hydrogen) atoms. The SMILES string of the molecule is CCOC(=O)C1=C(C(=O)OCC)N2C=Cc3ccccc3C2OC1c1ccc([N+](=O)[O-])cc1. The van der Waals surface area contributed by atoms with E-state index in [0.717, 1.165) is 11.1 Å². The molecule has 0 fully saturated rings. The zero-order valence-electron chi connectivity index (χ0n) is 18.1. The van der Waals surface area contributed by atoms with E-state index in [9.17, 15) is 19.7 Å². The summed E-state index contributed by atoms with van der Waals surface area (Å²) in [6.07, 6.45) is 1.77. The number of esters is 2. The number of nitrogens with zero attached hydrogens (tertiary/aromatic N) is 2. The summed E-state index contributed by atoms with van der Waals surface area (Å²) in [6, 6.07) is 13.2. The number of hydrogen-bond donors (Lipinski definition) is 0. The summed E-state index contributed by atoms with van der Waals surface area (Å²) in [5.74, 6) is -1.42. The van der Waals surface area contributed by atoms with Gasteiger partial charge in [0.25, 0.3) is 5.69 Å². The number of hydrogen-bond acceptors (Lipinski definition) is 8. The van der Waals surface area contributed by atoms with Crippen LogP contribution in [0.3, 0.4) is 0 Å². The summed E-state index contributed by atoms with van der Waals surface area (Å²) in [6.45, 7) is 3.54. The lowest BCUT2D eigenvalue weighted by Crippen LogP contribution is -2.41. The number of fused-ring (bicyclic) bond motifs is 3. The topological polar surface area (TPSA) is 108 Å². The van der Waals surface area contributed by atoms with Crippen LogP contribution in [0.25, 0.3) is 6.08 Å². The van der Waals surface area contributed by atoms with Crippen molar-refractivity contribution in [2.75, 3.05) is 13.2 Å². The van der Waals surface area contributed by atoms with Crippen LogP contribution in [0.15, 0.2) is 66.0 Å². The van der Waals surface area contributed by atoms with Gasteiger partial charge >= 0.3 is 11.9 Å². The number of ether oxygens (including phenoxy) is 3. The molecule has 170 valence electrons. The van der Waals surface area contributed by atoms with E-state index in [4.69, 9.17) is 14.2 Å². The molecule has 4 rings (SSSR count). The van der Waals surface area contributed by atoms with E-state index >= 15 is 0 Å². The molecule has 2 aromatic rings. The number of carbonyl (C=O) groups is 2. The molecule has 2 unspecified atom stereocenters. The van der Waals surface area contributed by atoms with Crippen LogP contribution < -0.4 is 0 Å². The van der Waals surface area contributed by atoms with E-state index in [0.29, 0.717) is 5.56 Å². The molecule has 0 saturated heterocycles. The minimum Gasteiger partial charge on any atom is -0.462 e. The summed E-state index contributed by atoms with van der Waals surface area (Å²) in [4.78, 5) is 38.3. The van der Waals surface area contributed by atoms with Gasteiger partial charge in [0.2, 0.25) is 0 Å². The molecule has 9 heteroatoms. The van der Waals surface area contributed by atoms with Gasteiger partial charge < -0.3 is 19.1 Å². The van der Waals surface area contributed by atoms with Crippen LogP contribution in [0.1, 0.15) is 42.9 Å². The van der Waals surface area contributed by atoms with Gasteiger partial charge in [-0.3, -0.25) is 10.1 Å². The van der Waals surface area contributed by atoms with Crippen molar-refractivity contribution in [3.05, 3.63) is 92.8 Å². The van der Waals surface area contributed by atoms with Gasteiger partial charge in [-0.25, -0.2) is 9.59 Å². The molecule has 0 bridgehead atoms. The highest BCUT2D eigenvalue weighted by molar-refractivity contribution is 6.01. The van der Waals surface area contributed by atoms with Gasteiger partial charge in [-0.1, -0.05) is 24.3 Å². The maximum atomic E-state index is 13.1. The summed E-state index contributed by atoms with van der Waals surface area (Å²) in [5.41, 5.74) is 2.07. The molecule has 2 atom stereocenters. The second-order valence-electron chi connectivity index (χ2n) is 7.27. The molecule has 0 radical (unpaired) electrons. The van der Waals surface area contributed by atoms with Gasteiger partial charge in [0.05, 0.1) is 18.1 Å². The van der Waals surface area contributed by atoms with Gasteiger partial charge in [0.1, 0.15) is 17.4 Å². The van der Waals surface area contributed by atoms with Crippen molar-refractivity contribution in [3.8, 4) is 0 Å². The fraction of sp³-hybridized carbons (Fsp3) is 0.250. The maximum Gasteiger partial charge on any atom is 0.355 e. The zero-order valence-corrected chi connectivity index (χ0v) is 18.1. The van der Waals surface area contributed by atoms with Crippen molar-refractivity contribution < 1.29 is 28.7 Å². The van der Waals surface area contributed by atoms with Crippen molar-refractivity contribution in [3.63, 3.8) is 0 Å². The van der Waals surface area contributed by atoms with E-state index in [1.165, 1.54) is 24.3 Å². The standard InChI is InChI=1S/C24H22N2O7/c1-3-31-23(27)19-20(24(28)32-4-2)25-14-13-15-7-5-6-8-18(15)22(25)33-21(19)16-9-11-17(12-10-16)26(29)30/h5-14,21-22H,3-4H2,1-2H3.